The average molecular weight is 209 g/mol. The van der Waals surface area contributed by atoms with Crippen LogP contribution in [-0.2, 0) is 21.4 Å². The van der Waals surface area contributed by atoms with E-state index in [2.05, 4.69) is 0 Å². The third-order valence-corrected chi connectivity index (χ3v) is 1.66. The van der Waals surface area contributed by atoms with E-state index in [4.69, 9.17) is 21.8 Å². The molecule has 0 rings (SSSR count). The van der Waals surface area contributed by atoms with Crippen molar-refractivity contribution in [2.75, 3.05) is 12.8 Å². The maximum atomic E-state index is 10.3. The topological polar surface area (TPSA) is 49.8 Å². The smallest absolute Gasteiger partial charge is 0.320 e. The molecular weight excluding hydrogens is 197 g/mol. The molecule has 0 saturated heterocycles. The summed E-state index contributed by atoms with van der Waals surface area (Å²) in [6.45, 7) is 3.56. The molecule has 0 heterocycles. The highest BCUT2D eigenvalue weighted by molar-refractivity contribution is 7.96. The van der Waals surface area contributed by atoms with Crippen molar-refractivity contribution in [3.63, 3.8) is 0 Å². The van der Waals surface area contributed by atoms with Crippen LogP contribution in [0.5, 0.6) is 0 Å². The first-order valence-corrected chi connectivity index (χ1v) is 5.58. The Labute approximate surface area is 78.3 Å². The van der Waals surface area contributed by atoms with Gasteiger partial charge >= 0.3 is 5.97 Å². The standard InChI is InChI=1S/C6H12NO3PS/c1-5(2)10-7(4-11-12)3-6(8)9/h5H,3-4H2,1-2H3,(H,8,9). The van der Waals surface area contributed by atoms with E-state index in [-0.39, 0.29) is 12.6 Å². The normalized spacial score (nSPS) is 11.3. The largest absolute Gasteiger partial charge is 0.480 e. The van der Waals surface area contributed by atoms with Gasteiger partial charge in [0.25, 0.3) is 0 Å². The van der Waals surface area contributed by atoms with Gasteiger partial charge in [-0.15, -0.1) is 0 Å². The maximum absolute atomic E-state index is 10.3. The molecule has 0 aromatic heterocycles. The summed E-state index contributed by atoms with van der Waals surface area (Å²) in [4.78, 5) is 15.5. The van der Waals surface area contributed by atoms with E-state index in [1.807, 2.05) is 13.8 Å². The molecule has 0 fully saturated rings. The monoisotopic (exact) mass is 209 g/mol. The Morgan fingerprint density at radius 3 is 2.67 bits per heavy atom. The Balaban J connectivity index is 3.85. The zero-order chi connectivity index (χ0) is 9.56. The predicted molar refractivity (Wildman–Crippen MR) is 49.7 cm³/mol. The van der Waals surface area contributed by atoms with Crippen LogP contribution >= 0.6 is 7.36 Å². The number of hydrogen-bond donors (Lipinski definition) is 1. The quantitative estimate of drug-likeness (QED) is 0.524. The Morgan fingerprint density at radius 1 is 1.75 bits per heavy atom. The highest BCUT2D eigenvalue weighted by atomic mass is 32.4. The zero-order valence-electron chi connectivity index (χ0n) is 7.06. The van der Waals surface area contributed by atoms with Crippen LogP contribution in [0.15, 0.2) is 0 Å². The van der Waals surface area contributed by atoms with E-state index < -0.39 is 5.97 Å². The summed E-state index contributed by atoms with van der Waals surface area (Å²) in [6, 6.07) is 0. The van der Waals surface area contributed by atoms with Crippen molar-refractivity contribution in [1.82, 2.24) is 5.06 Å². The third-order valence-electron chi connectivity index (χ3n) is 0.887. The lowest BCUT2D eigenvalue weighted by Crippen LogP contribution is -2.31. The molecule has 0 radical (unpaired) electrons. The van der Waals surface area contributed by atoms with Gasteiger partial charge in [-0.2, -0.15) is 5.06 Å². The lowest BCUT2D eigenvalue weighted by molar-refractivity contribution is -0.186. The molecule has 6 heteroatoms. The SMILES string of the molecule is CC(C)ON(CP=S)CC(=O)O. The van der Waals surface area contributed by atoms with Gasteiger partial charge < -0.3 is 5.11 Å². The lowest BCUT2D eigenvalue weighted by atomic mass is 10.5. The first-order chi connectivity index (χ1) is 5.56. The molecule has 0 aliphatic heterocycles. The minimum absolute atomic E-state index is 0.0129. The number of hydrogen-bond acceptors (Lipinski definition) is 4. The molecule has 70 valence electrons. The molecule has 0 aliphatic rings. The second kappa shape index (κ2) is 6.43. The number of rotatable bonds is 6. The lowest BCUT2D eigenvalue weighted by Gasteiger charge is -2.19. The molecule has 0 amide bonds. The molecule has 1 N–H and O–H groups in total. The first-order valence-electron chi connectivity index (χ1n) is 3.49. The van der Waals surface area contributed by atoms with E-state index >= 15 is 0 Å². The highest BCUT2D eigenvalue weighted by Crippen LogP contribution is 2.02. The summed E-state index contributed by atoms with van der Waals surface area (Å²) in [7, 11) is 0.686. The fraction of sp³-hybridized carbons (Fsp3) is 0.833. The predicted octanol–water partition coefficient (Wildman–Crippen LogP) is 1.08. The van der Waals surface area contributed by atoms with E-state index in [9.17, 15) is 4.79 Å². The Bertz CT molecular complexity index is 165. The van der Waals surface area contributed by atoms with Gasteiger partial charge in [-0.25, -0.2) is 0 Å². The highest BCUT2D eigenvalue weighted by Gasteiger charge is 2.10. The van der Waals surface area contributed by atoms with Crippen molar-refractivity contribution < 1.29 is 14.7 Å². The molecule has 0 bridgehead atoms. The molecule has 0 aromatic rings. The van der Waals surface area contributed by atoms with Crippen molar-refractivity contribution in [2.24, 2.45) is 0 Å². The molecule has 0 atom stereocenters. The van der Waals surface area contributed by atoms with Crippen LogP contribution in [0.3, 0.4) is 0 Å². The fourth-order valence-electron chi connectivity index (χ4n) is 0.634. The first kappa shape index (κ1) is 11.9. The molecule has 0 aromatic carbocycles. The van der Waals surface area contributed by atoms with Crippen LogP contribution in [0.4, 0.5) is 0 Å². The molecule has 0 aliphatic carbocycles. The number of carboxylic acids is 1. The van der Waals surface area contributed by atoms with Crippen LogP contribution in [0.25, 0.3) is 0 Å². The summed E-state index contributed by atoms with van der Waals surface area (Å²) in [5.74, 6) is -0.908. The van der Waals surface area contributed by atoms with Crippen LogP contribution in [0, 0.1) is 0 Å². The number of aliphatic carboxylic acids is 1. The molecule has 0 spiro atoms. The van der Waals surface area contributed by atoms with Gasteiger partial charge in [0.05, 0.1) is 12.4 Å². The van der Waals surface area contributed by atoms with Gasteiger partial charge in [0, 0.05) is 0 Å². The third kappa shape index (κ3) is 6.61. The second-order valence-corrected chi connectivity index (χ2v) is 3.77. The second-order valence-electron chi connectivity index (χ2n) is 2.46. The van der Waals surface area contributed by atoms with Gasteiger partial charge in [-0.05, 0) is 21.2 Å². The van der Waals surface area contributed by atoms with Gasteiger partial charge in [-0.3, -0.25) is 9.63 Å². The van der Waals surface area contributed by atoms with Crippen molar-refractivity contribution >= 4 is 25.1 Å². The summed E-state index contributed by atoms with van der Waals surface area (Å²) < 4.78 is 0. The van der Waals surface area contributed by atoms with Crippen molar-refractivity contribution in [3.8, 4) is 0 Å². The summed E-state index contributed by atoms with van der Waals surface area (Å²) in [5.41, 5.74) is 0. The fourth-order valence-corrected chi connectivity index (χ4v) is 1.32. The molecular formula is C6H12NO3PS. The average Bonchev–Trinajstić information content (AvgIpc) is 1.84. The van der Waals surface area contributed by atoms with Gasteiger partial charge in [0.15, 0.2) is 0 Å². The van der Waals surface area contributed by atoms with Crippen LogP contribution < -0.4 is 0 Å². The van der Waals surface area contributed by atoms with Gasteiger partial charge in [0.2, 0.25) is 0 Å². The summed E-state index contributed by atoms with van der Waals surface area (Å²) >= 11 is 4.69. The molecule has 0 saturated carbocycles. The molecule has 0 unspecified atom stereocenters. The number of nitrogens with zero attached hydrogens (tertiary/aromatic N) is 1. The van der Waals surface area contributed by atoms with E-state index in [0.717, 1.165) is 0 Å². The Morgan fingerprint density at radius 2 is 2.33 bits per heavy atom. The van der Waals surface area contributed by atoms with E-state index in [1.54, 1.807) is 0 Å². The van der Waals surface area contributed by atoms with E-state index in [0.29, 0.717) is 13.6 Å². The molecule has 4 nitrogen and oxygen atoms in total. The number of carboxylic acid groups (broad SMARTS) is 1. The molecule has 12 heavy (non-hydrogen) atoms. The summed E-state index contributed by atoms with van der Waals surface area (Å²) in [6.07, 6.45) is 0.431. The van der Waals surface area contributed by atoms with Gasteiger partial charge in [0.1, 0.15) is 6.54 Å². The van der Waals surface area contributed by atoms with Gasteiger partial charge in [-0.1, -0.05) is 11.8 Å². The number of hydroxylamine groups is 2. The van der Waals surface area contributed by atoms with E-state index in [1.165, 1.54) is 5.06 Å². The zero-order valence-corrected chi connectivity index (χ0v) is 8.77. The van der Waals surface area contributed by atoms with Crippen LogP contribution in [0.2, 0.25) is 0 Å². The van der Waals surface area contributed by atoms with Crippen molar-refractivity contribution in [2.45, 2.75) is 20.0 Å². The Hall–Kier alpha value is -0.0900. The summed E-state index contributed by atoms with van der Waals surface area (Å²) in [5, 5.41) is 9.83. The minimum atomic E-state index is -0.908. The van der Waals surface area contributed by atoms with Crippen LogP contribution in [-0.4, -0.2) is 35.1 Å². The maximum Gasteiger partial charge on any atom is 0.320 e. The van der Waals surface area contributed by atoms with Crippen molar-refractivity contribution in [1.29, 1.82) is 0 Å². The van der Waals surface area contributed by atoms with Crippen molar-refractivity contribution in [3.05, 3.63) is 0 Å². The van der Waals surface area contributed by atoms with Crippen LogP contribution in [0.1, 0.15) is 13.8 Å². The number of carbonyl (C=O) groups is 1. The minimum Gasteiger partial charge on any atom is -0.480 e. The Kier molecular flexibility index (Phi) is 6.38.